The van der Waals surface area contributed by atoms with Gasteiger partial charge in [-0.3, -0.25) is 5.43 Å². The van der Waals surface area contributed by atoms with E-state index in [4.69, 9.17) is 20.8 Å². The van der Waals surface area contributed by atoms with Crippen LogP contribution in [0.4, 0.5) is 5.82 Å². The number of nitrogens with zero attached hydrogens (tertiary/aromatic N) is 3. The predicted octanol–water partition coefficient (Wildman–Crippen LogP) is 5.63. The molecule has 0 radical (unpaired) electrons. The molecule has 152 valence electrons. The van der Waals surface area contributed by atoms with Gasteiger partial charge in [0.15, 0.2) is 5.82 Å². The molecule has 0 atom stereocenters. The van der Waals surface area contributed by atoms with Gasteiger partial charge in [-0.15, -0.1) is 0 Å². The Morgan fingerprint density at radius 2 is 1.77 bits per heavy atom. The van der Waals surface area contributed by atoms with Crippen molar-refractivity contribution in [1.82, 2.24) is 9.97 Å². The number of nitrogens with one attached hydrogen (secondary N) is 1. The Morgan fingerprint density at radius 1 is 0.935 bits per heavy atom. The summed E-state index contributed by atoms with van der Waals surface area (Å²) in [6, 6.07) is 22.7. The zero-order valence-corrected chi connectivity index (χ0v) is 17.3. The molecular weight excluding hydrogens is 412 g/mol. The molecule has 0 saturated heterocycles. The van der Waals surface area contributed by atoms with Gasteiger partial charge in [-0.2, -0.15) is 5.10 Å². The summed E-state index contributed by atoms with van der Waals surface area (Å²) in [6.07, 6.45) is 1.51. The van der Waals surface area contributed by atoms with Crippen LogP contribution in [0.3, 0.4) is 0 Å². The van der Waals surface area contributed by atoms with Crippen LogP contribution >= 0.6 is 11.6 Å². The first-order valence-electron chi connectivity index (χ1n) is 9.58. The summed E-state index contributed by atoms with van der Waals surface area (Å²) >= 11 is 6.24. The van der Waals surface area contributed by atoms with Gasteiger partial charge in [-0.05, 0) is 54.6 Å². The summed E-state index contributed by atoms with van der Waals surface area (Å²) < 4.78 is 11.4. The number of benzene rings is 3. The van der Waals surface area contributed by atoms with Gasteiger partial charge in [0.25, 0.3) is 0 Å². The number of anilines is 1. The van der Waals surface area contributed by atoms with Crippen molar-refractivity contribution >= 4 is 39.3 Å². The van der Waals surface area contributed by atoms with E-state index >= 15 is 0 Å². The second-order valence-corrected chi connectivity index (χ2v) is 7.26. The van der Waals surface area contributed by atoms with E-state index in [1.165, 1.54) is 6.33 Å². The summed E-state index contributed by atoms with van der Waals surface area (Å²) in [6.45, 7) is 0. The number of para-hydroxylation sites is 1. The molecule has 0 unspecified atom stereocenters. The van der Waals surface area contributed by atoms with Gasteiger partial charge in [-0.25, -0.2) is 9.97 Å². The molecule has 0 saturated carbocycles. The minimum Gasteiger partial charge on any atom is -0.497 e. The molecule has 5 rings (SSSR count). The van der Waals surface area contributed by atoms with E-state index in [9.17, 15) is 0 Å². The third kappa shape index (κ3) is 3.81. The van der Waals surface area contributed by atoms with Crippen LogP contribution in [0.15, 0.2) is 88.6 Å². The van der Waals surface area contributed by atoms with Crippen molar-refractivity contribution in [1.29, 1.82) is 0 Å². The van der Waals surface area contributed by atoms with E-state index in [2.05, 4.69) is 20.5 Å². The van der Waals surface area contributed by atoms with Crippen molar-refractivity contribution in [3.63, 3.8) is 0 Å². The van der Waals surface area contributed by atoms with E-state index in [0.717, 1.165) is 27.6 Å². The van der Waals surface area contributed by atoms with E-state index < -0.39 is 0 Å². The number of hydrogen-bond acceptors (Lipinski definition) is 6. The number of ether oxygens (including phenoxy) is 1. The predicted molar refractivity (Wildman–Crippen MR) is 122 cm³/mol. The van der Waals surface area contributed by atoms with Crippen molar-refractivity contribution < 1.29 is 9.15 Å². The molecule has 1 N–H and O–H groups in total. The molecule has 0 bridgehead atoms. The third-order valence-corrected chi connectivity index (χ3v) is 5.14. The summed E-state index contributed by atoms with van der Waals surface area (Å²) in [5, 5.41) is 7.58. The Morgan fingerprint density at radius 3 is 2.61 bits per heavy atom. The fourth-order valence-electron chi connectivity index (χ4n) is 3.34. The average Bonchev–Trinajstić information content (AvgIpc) is 2.82. The molecule has 6 nitrogen and oxygen atoms in total. The minimum absolute atomic E-state index is 0.601. The topological polar surface area (TPSA) is 72.5 Å². The lowest BCUT2D eigenvalue weighted by molar-refractivity contribution is 0.415. The summed E-state index contributed by atoms with van der Waals surface area (Å²) in [5.74, 6) is 2.07. The molecule has 3 aromatic carbocycles. The van der Waals surface area contributed by atoms with Crippen LogP contribution in [0.2, 0.25) is 5.02 Å². The Bertz CT molecular complexity index is 1460. The van der Waals surface area contributed by atoms with Crippen molar-refractivity contribution in [2.75, 3.05) is 12.5 Å². The number of fused-ring (bicyclic) bond motifs is 2. The molecule has 2 heterocycles. The normalized spacial score (nSPS) is 11.7. The maximum absolute atomic E-state index is 6.24. The van der Waals surface area contributed by atoms with E-state index in [-0.39, 0.29) is 0 Å². The molecule has 31 heavy (non-hydrogen) atoms. The Balaban J connectivity index is 1.66. The van der Waals surface area contributed by atoms with Gasteiger partial charge < -0.3 is 9.15 Å². The summed E-state index contributed by atoms with van der Waals surface area (Å²) in [4.78, 5) is 8.63. The lowest BCUT2D eigenvalue weighted by Gasteiger charge is -2.07. The standard InChI is InChI=1S/C24H17ClN4O2/c1-30-17-9-6-15(7-10-17)23-13-21(19-12-16(25)8-11-22(19)31-23)28-29-24-18-4-2-3-5-20(18)26-14-27-24/h2-14H,1H3,(H,26,27,29). The van der Waals surface area contributed by atoms with Gasteiger partial charge in [0.05, 0.1) is 18.0 Å². The molecule has 5 aromatic rings. The number of aromatic nitrogens is 2. The molecular formula is C24H17ClN4O2. The second-order valence-electron chi connectivity index (χ2n) is 6.83. The van der Waals surface area contributed by atoms with Gasteiger partial charge >= 0.3 is 0 Å². The first kappa shape index (κ1) is 19.1. The second kappa shape index (κ2) is 8.08. The van der Waals surface area contributed by atoms with Crippen LogP contribution in [-0.2, 0) is 0 Å². The summed E-state index contributed by atoms with van der Waals surface area (Å²) in [5.41, 5.74) is 5.50. The SMILES string of the molecule is COc1ccc(-c2cc(=NNc3ncnc4ccccc34)c3cc(Cl)ccc3o2)cc1. The number of rotatable bonds is 4. The highest BCUT2D eigenvalue weighted by molar-refractivity contribution is 6.31. The quantitative estimate of drug-likeness (QED) is 0.375. The third-order valence-electron chi connectivity index (χ3n) is 4.90. The van der Waals surface area contributed by atoms with Crippen LogP contribution in [0.5, 0.6) is 5.75 Å². The molecule has 0 aliphatic heterocycles. The number of methoxy groups -OCH3 is 1. The highest BCUT2D eigenvalue weighted by atomic mass is 35.5. The number of hydrogen-bond donors (Lipinski definition) is 1. The van der Waals surface area contributed by atoms with Crippen LogP contribution < -0.4 is 15.5 Å². The molecule has 7 heteroatoms. The fraction of sp³-hybridized carbons (Fsp3) is 0.0417. The maximum Gasteiger partial charge on any atom is 0.157 e. The Hall–Kier alpha value is -3.90. The van der Waals surface area contributed by atoms with Crippen molar-refractivity contribution in [3.8, 4) is 17.1 Å². The van der Waals surface area contributed by atoms with Crippen LogP contribution in [0.1, 0.15) is 0 Å². The molecule has 0 aliphatic carbocycles. The van der Waals surface area contributed by atoms with Crippen LogP contribution in [0.25, 0.3) is 33.2 Å². The van der Waals surface area contributed by atoms with Gasteiger partial charge in [0, 0.05) is 27.4 Å². The van der Waals surface area contributed by atoms with Gasteiger partial charge in [0.1, 0.15) is 23.4 Å². The highest BCUT2D eigenvalue weighted by Crippen LogP contribution is 2.26. The molecule has 0 aliphatic rings. The van der Waals surface area contributed by atoms with E-state index in [1.807, 2.05) is 66.7 Å². The Labute approximate surface area is 182 Å². The van der Waals surface area contributed by atoms with Crippen LogP contribution in [0, 0.1) is 0 Å². The van der Waals surface area contributed by atoms with Crippen molar-refractivity contribution in [2.45, 2.75) is 0 Å². The average molecular weight is 429 g/mol. The maximum atomic E-state index is 6.24. The van der Waals surface area contributed by atoms with Gasteiger partial charge in [-0.1, -0.05) is 23.7 Å². The smallest absolute Gasteiger partial charge is 0.157 e. The first-order valence-corrected chi connectivity index (χ1v) is 9.96. The zero-order chi connectivity index (χ0) is 21.2. The van der Waals surface area contributed by atoms with E-state index in [1.54, 1.807) is 13.2 Å². The van der Waals surface area contributed by atoms with Crippen molar-refractivity contribution in [3.05, 3.63) is 89.5 Å². The Kier molecular flexibility index (Phi) is 4.98. The van der Waals surface area contributed by atoms with Crippen LogP contribution in [-0.4, -0.2) is 17.1 Å². The molecule has 0 spiro atoms. The van der Waals surface area contributed by atoms with Gasteiger partial charge in [0.2, 0.25) is 0 Å². The molecule has 2 aromatic heterocycles. The highest BCUT2D eigenvalue weighted by Gasteiger charge is 2.08. The van der Waals surface area contributed by atoms with Crippen molar-refractivity contribution in [2.24, 2.45) is 5.10 Å². The minimum atomic E-state index is 0.601. The lowest BCUT2D eigenvalue weighted by Crippen LogP contribution is -2.08. The van der Waals surface area contributed by atoms with E-state index in [0.29, 0.717) is 27.5 Å². The zero-order valence-electron chi connectivity index (χ0n) is 16.5. The first-order chi connectivity index (χ1) is 15.2. The fourth-order valence-corrected chi connectivity index (χ4v) is 3.51. The summed E-state index contributed by atoms with van der Waals surface area (Å²) in [7, 11) is 1.64. The monoisotopic (exact) mass is 428 g/mol. The molecule has 0 amide bonds. The lowest BCUT2D eigenvalue weighted by atomic mass is 10.1. The largest absolute Gasteiger partial charge is 0.497 e. The molecule has 0 fully saturated rings. The number of halogens is 1.